The normalized spacial score (nSPS) is 11.2. The Morgan fingerprint density at radius 2 is 2.00 bits per heavy atom. The molecule has 0 saturated carbocycles. The van der Waals surface area contributed by atoms with Crippen LogP contribution < -0.4 is 4.74 Å². The van der Waals surface area contributed by atoms with Crippen molar-refractivity contribution >= 4 is 11.7 Å². The average molecular weight is 326 g/mol. The van der Waals surface area contributed by atoms with Crippen LogP contribution in [0.3, 0.4) is 0 Å². The Bertz CT molecular complexity index is 780. The summed E-state index contributed by atoms with van der Waals surface area (Å²) >= 11 is 0. The first kappa shape index (κ1) is 17.0. The maximum Gasteiger partial charge on any atom is 0.338 e. The van der Waals surface area contributed by atoms with Crippen LogP contribution in [-0.2, 0) is 4.74 Å². The number of nitriles is 1. The number of carbonyl (C=O) groups is 1. The number of hydrogen-bond donors (Lipinski definition) is 0. The number of rotatable bonds is 6. The Morgan fingerprint density at radius 1 is 1.29 bits per heavy atom. The van der Waals surface area contributed by atoms with Gasteiger partial charge < -0.3 is 9.47 Å². The third-order valence-electron chi connectivity index (χ3n) is 3.31. The second-order valence-electron chi connectivity index (χ2n) is 4.84. The number of nitrogens with zero attached hydrogens (tertiary/aromatic N) is 2. The van der Waals surface area contributed by atoms with Gasteiger partial charge in [-0.25, -0.2) is 4.79 Å². The lowest BCUT2D eigenvalue weighted by Crippen LogP contribution is -2.11. The lowest BCUT2D eigenvalue weighted by Gasteiger charge is -2.16. The predicted octanol–water partition coefficient (Wildman–Crippen LogP) is 3.42. The molecule has 0 bridgehead atoms. The summed E-state index contributed by atoms with van der Waals surface area (Å²) in [5.41, 5.74) is 0.686. The summed E-state index contributed by atoms with van der Waals surface area (Å²) < 4.78 is 10.5. The molecule has 7 heteroatoms. The number of methoxy groups -OCH3 is 1. The summed E-state index contributed by atoms with van der Waals surface area (Å²) in [5, 5.41) is 19.6. The Kier molecular flexibility index (Phi) is 5.47. The summed E-state index contributed by atoms with van der Waals surface area (Å²) in [5.74, 6) is -0.0743. The number of benzene rings is 2. The maximum atomic E-state index is 12.2. The predicted molar refractivity (Wildman–Crippen MR) is 84.5 cm³/mol. The fourth-order valence-electron chi connectivity index (χ4n) is 2.07. The number of non-ortho nitro benzene ring substituents is 1. The third-order valence-corrected chi connectivity index (χ3v) is 3.31. The zero-order valence-corrected chi connectivity index (χ0v) is 12.8. The van der Waals surface area contributed by atoms with Crippen LogP contribution in [0.2, 0.25) is 0 Å². The molecule has 1 atom stereocenters. The van der Waals surface area contributed by atoms with Gasteiger partial charge in [0.2, 0.25) is 0 Å². The summed E-state index contributed by atoms with van der Waals surface area (Å²) in [7, 11) is 1.52. The molecule has 24 heavy (non-hydrogen) atoms. The molecular formula is C17H14N2O5. The van der Waals surface area contributed by atoms with Crippen molar-refractivity contribution in [3.8, 4) is 11.8 Å². The Balaban J connectivity index is 2.19. The van der Waals surface area contributed by atoms with E-state index < -0.39 is 17.0 Å². The Hall–Kier alpha value is -3.40. The van der Waals surface area contributed by atoms with Crippen LogP contribution in [0.25, 0.3) is 0 Å². The molecule has 0 N–H and O–H groups in total. The molecule has 0 aliphatic rings. The minimum Gasteiger partial charge on any atom is -0.497 e. The number of ether oxygens (including phenoxy) is 2. The van der Waals surface area contributed by atoms with Crippen molar-refractivity contribution in [2.45, 2.75) is 12.5 Å². The molecule has 2 aromatic carbocycles. The van der Waals surface area contributed by atoms with Gasteiger partial charge in [-0.05, 0) is 29.8 Å². The van der Waals surface area contributed by atoms with E-state index in [4.69, 9.17) is 14.7 Å². The topological polar surface area (TPSA) is 102 Å². The third kappa shape index (κ3) is 4.08. The van der Waals surface area contributed by atoms with E-state index in [1.807, 2.05) is 6.07 Å². The maximum absolute atomic E-state index is 12.2. The van der Waals surface area contributed by atoms with Crippen molar-refractivity contribution in [3.63, 3.8) is 0 Å². The number of nitro benzene ring substituents is 1. The number of nitro groups is 1. The van der Waals surface area contributed by atoms with Crippen LogP contribution in [0, 0.1) is 21.4 Å². The molecule has 2 rings (SSSR count). The van der Waals surface area contributed by atoms with E-state index in [1.54, 1.807) is 24.3 Å². The molecule has 122 valence electrons. The van der Waals surface area contributed by atoms with Gasteiger partial charge in [-0.2, -0.15) is 5.26 Å². The van der Waals surface area contributed by atoms with Gasteiger partial charge in [0.15, 0.2) is 0 Å². The van der Waals surface area contributed by atoms with E-state index >= 15 is 0 Å². The van der Waals surface area contributed by atoms with Gasteiger partial charge in [-0.15, -0.1) is 0 Å². The minimum absolute atomic E-state index is 0.0219. The van der Waals surface area contributed by atoms with Crippen LogP contribution in [0.15, 0.2) is 48.5 Å². The zero-order valence-electron chi connectivity index (χ0n) is 12.8. The minimum atomic E-state index is -0.757. The smallest absolute Gasteiger partial charge is 0.338 e. The lowest BCUT2D eigenvalue weighted by molar-refractivity contribution is -0.384. The quantitative estimate of drug-likeness (QED) is 0.458. The van der Waals surface area contributed by atoms with Gasteiger partial charge in [0.05, 0.1) is 30.1 Å². The lowest BCUT2D eigenvalue weighted by atomic mass is 10.1. The van der Waals surface area contributed by atoms with E-state index in [2.05, 4.69) is 0 Å². The van der Waals surface area contributed by atoms with Gasteiger partial charge in [0.25, 0.3) is 5.69 Å². The van der Waals surface area contributed by atoms with Crippen LogP contribution in [0.4, 0.5) is 5.69 Å². The van der Waals surface area contributed by atoms with Crippen molar-refractivity contribution in [2.24, 2.45) is 0 Å². The Morgan fingerprint density at radius 3 is 2.58 bits per heavy atom. The van der Waals surface area contributed by atoms with E-state index in [1.165, 1.54) is 31.4 Å². The van der Waals surface area contributed by atoms with Crippen LogP contribution in [-0.4, -0.2) is 18.0 Å². The standard InChI is InChI=1S/C17H14N2O5/c1-23-15-4-2-3-13(11-15)16(9-10-18)24-17(20)12-5-7-14(8-6-12)19(21)22/h2-8,11,16H,9H2,1H3/t16-/m1/s1. The molecule has 0 amide bonds. The number of esters is 1. The molecule has 0 saturated heterocycles. The second kappa shape index (κ2) is 7.74. The average Bonchev–Trinajstić information content (AvgIpc) is 2.61. The van der Waals surface area contributed by atoms with Gasteiger partial charge in [0, 0.05) is 12.1 Å². The summed E-state index contributed by atoms with van der Waals surface area (Å²) in [6, 6.07) is 13.9. The van der Waals surface area contributed by atoms with E-state index in [0.29, 0.717) is 11.3 Å². The molecule has 0 heterocycles. The van der Waals surface area contributed by atoms with Crippen LogP contribution in [0.5, 0.6) is 5.75 Å². The molecular weight excluding hydrogens is 312 g/mol. The summed E-state index contributed by atoms with van der Waals surface area (Å²) in [4.78, 5) is 22.3. The zero-order chi connectivity index (χ0) is 17.5. The van der Waals surface area contributed by atoms with Crippen molar-refractivity contribution in [1.82, 2.24) is 0 Å². The first-order chi connectivity index (χ1) is 11.5. The van der Waals surface area contributed by atoms with Crippen molar-refractivity contribution in [1.29, 1.82) is 5.26 Å². The fraction of sp³-hybridized carbons (Fsp3) is 0.176. The van der Waals surface area contributed by atoms with Crippen molar-refractivity contribution in [3.05, 3.63) is 69.8 Å². The SMILES string of the molecule is COc1cccc([C@@H](CC#N)OC(=O)c2ccc([N+](=O)[O-])cc2)c1. The monoisotopic (exact) mass is 326 g/mol. The highest BCUT2D eigenvalue weighted by molar-refractivity contribution is 5.89. The number of carbonyl (C=O) groups excluding carboxylic acids is 1. The molecule has 2 aromatic rings. The molecule has 0 aromatic heterocycles. The molecule has 0 aliphatic carbocycles. The molecule has 0 unspecified atom stereocenters. The molecule has 0 fully saturated rings. The van der Waals surface area contributed by atoms with Crippen molar-refractivity contribution < 1.29 is 19.2 Å². The number of hydrogen-bond acceptors (Lipinski definition) is 6. The van der Waals surface area contributed by atoms with Gasteiger partial charge in [-0.3, -0.25) is 10.1 Å². The highest BCUT2D eigenvalue weighted by atomic mass is 16.6. The largest absolute Gasteiger partial charge is 0.497 e. The van der Waals surface area contributed by atoms with Gasteiger partial charge >= 0.3 is 5.97 Å². The Labute approximate surface area is 138 Å². The fourth-order valence-corrected chi connectivity index (χ4v) is 2.07. The highest BCUT2D eigenvalue weighted by Crippen LogP contribution is 2.26. The molecule has 7 nitrogen and oxygen atoms in total. The molecule has 0 aliphatic heterocycles. The van der Waals surface area contributed by atoms with Gasteiger partial charge in [-0.1, -0.05) is 12.1 Å². The molecule has 0 radical (unpaired) electrons. The van der Waals surface area contributed by atoms with Crippen molar-refractivity contribution in [2.75, 3.05) is 7.11 Å². The van der Waals surface area contributed by atoms with Crippen LogP contribution >= 0.6 is 0 Å². The first-order valence-electron chi connectivity index (χ1n) is 7.01. The van der Waals surface area contributed by atoms with E-state index in [9.17, 15) is 14.9 Å². The second-order valence-corrected chi connectivity index (χ2v) is 4.84. The first-order valence-corrected chi connectivity index (χ1v) is 7.01. The summed E-state index contributed by atoms with van der Waals surface area (Å²) in [6.07, 6.45) is -0.779. The highest BCUT2D eigenvalue weighted by Gasteiger charge is 2.19. The van der Waals surface area contributed by atoms with Crippen LogP contribution in [0.1, 0.15) is 28.4 Å². The summed E-state index contributed by atoms with van der Waals surface area (Å²) in [6.45, 7) is 0. The molecule has 0 spiro atoms. The van der Waals surface area contributed by atoms with E-state index in [0.717, 1.165) is 0 Å². The van der Waals surface area contributed by atoms with E-state index in [-0.39, 0.29) is 17.7 Å². The van der Waals surface area contributed by atoms with Gasteiger partial charge in [0.1, 0.15) is 11.9 Å².